The van der Waals surface area contributed by atoms with E-state index in [-0.39, 0.29) is 23.6 Å². The molecule has 0 amide bonds. The molecule has 2 N–H and O–H groups in total. The Balaban J connectivity index is 2.99. The number of aliphatic hydroxyl groups excluding tert-OH is 1. The first-order valence-corrected chi connectivity index (χ1v) is 6.17. The zero-order valence-corrected chi connectivity index (χ0v) is 11.5. The summed E-state index contributed by atoms with van der Waals surface area (Å²) in [5, 5.41) is 23.2. The van der Waals surface area contributed by atoms with Crippen LogP contribution in [0.25, 0.3) is 0 Å². The highest BCUT2D eigenvalue weighted by Crippen LogP contribution is 2.31. The summed E-state index contributed by atoms with van der Waals surface area (Å²) >= 11 is 0. The van der Waals surface area contributed by atoms with Crippen LogP contribution in [0, 0.1) is 10.1 Å². The van der Waals surface area contributed by atoms with Gasteiger partial charge in [-0.15, -0.1) is 0 Å². The van der Waals surface area contributed by atoms with E-state index < -0.39 is 4.92 Å². The van der Waals surface area contributed by atoms with Crippen LogP contribution in [0.15, 0.2) is 18.2 Å². The molecule has 0 radical (unpaired) electrons. The third-order valence-electron chi connectivity index (χ3n) is 3.27. The van der Waals surface area contributed by atoms with E-state index >= 15 is 0 Å². The van der Waals surface area contributed by atoms with Crippen LogP contribution < -0.4 is 10.1 Å². The van der Waals surface area contributed by atoms with Crippen molar-refractivity contribution in [2.45, 2.75) is 32.2 Å². The van der Waals surface area contributed by atoms with E-state index in [2.05, 4.69) is 5.32 Å². The van der Waals surface area contributed by atoms with Crippen molar-refractivity contribution in [2.24, 2.45) is 0 Å². The number of ether oxygens (including phenoxy) is 1. The Morgan fingerprint density at radius 2 is 2.21 bits per heavy atom. The van der Waals surface area contributed by atoms with E-state index in [9.17, 15) is 10.1 Å². The van der Waals surface area contributed by atoms with Crippen LogP contribution in [0.2, 0.25) is 0 Å². The molecule has 0 aliphatic heterocycles. The van der Waals surface area contributed by atoms with Crippen molar-refractivity contribution < 1.29 is 14.8 Å². The highest BCUT2D eigenvalue weighted by atomic mass is 16.6. The zero-order chi connectivity index (χ0) is 14.5. The van der Waals surface area contributed by atoms with Gasteiger partial charge in [-0.3, -0.25) is 10.1 Å². The minimum Gasteiger partial charge on any atom is -0.490 e. The second kappa shape index (κ2) is 6.38. The molecule has 0 aromatic heterocycles. The van der Waals surface area contributed by atoms with Gasteiger partial charge in [0.25, 0.3) is 0 Å². The summed E-state index contributed by atoms with van der Waals surface area (Å²) in [5.74, 6) is 0.220. The molecule has 1 unspecified atom stereocenters. The van der Waals surface area contributed by atoms with Crippen molar-refractivity contribution in [1.82, 2.24) is 0 Å². The summed E-state index contributed by atoms with van der Waals surface area (Å²) in [6.07, 6.45) is 1.43. The van der Waals surface area contributed by atoms with Gasteiger partial charge in [-0.1, -0.05) is 6.92 Å². The van der Waals surface area contributed by atoms with Gasteiger partial charge in [0, 0.05) is 30.0 Å². The molecular weight excluding hydrogens is 248 g/mol. The van der Waals surface area contributed by atoms with E-state index in [1.807, 2.05) is 13.8 Å². The molecule has 0 fully saturated rings. The molecule has 106 valence electrons. The van der Waals surface area contributed by atoms with E-state index in [4.69, 9.17) is 9.84 Å². The fourth-order valence-corrected chi connectivity index (χ4v) is 1.83. The fraction of sp³-hybridized carbons (Fsp3) is 0.538. The van der Waals surface area contributed by atoms with Crippen molar-refractivity contribution in [3.05, 3.63) is 28.3 Å². The van der Waals surface area contributed by atoms with Gasteiger partial charge in [0.15, 0.2) is 5.75 Å². The first kappa shape index (κ1) is 15.2. The van der Waals surface area contributed by atoms with Gasteiger partial charge in [-0.2, -0.15) is 0 Å². The molecule has 19 heavy (non-hydrogen) atoms. The summed E-state index contributed by atoms with van der Waals surface area (Å²) in [5.41, 5.74) is 0.421. The topological polar surface area (TPSA) is 84.6 Å². The number of nitro benzene ring substituents is 1. The Hall–Kier alpha value is -1.82. The van der Waals surface area contributed by atoms with Crippen molar-refractivity contribution >= 4 is 11.4 Å². The fourth-order valence-electron chi connectivity index (χ4n) is 1.83. The predicted molar refractivity (Wildman–Crippen MR) is 73.7 cm³/mol. The Morgan fingerprint density at radius 1 is 1.53 bits per heavy atom. The highest BCUT2D eigenvalue weighted by molar-refractivity contribution is 5.58. The molecule has 0 bridgehead atoms. The maximum absolute atomic E-state index is 10.8. The summed E-state index contributed by atoms with van der Waals surface area (Å²) in [6.45, 7) is 4.10. The lowest BCUT2D eigenvalue weighted by Gasteiger charge is -2.30. The van der Waals surface area contributed by atoms with Crippen LogP contribution in [-0.4, -0.2) is 29.3 Å². The molecule has 0 saturated heterocycles. The van der Waals surface area contributed by atoms with Gasteiger partial charge in [-0.25, -0.2) is 0 Å². The van der Waals surface area contributed by atoms with Crippen molar-refractivity contribution in [3.8, 4) is 5.75 Å². The Kier molecular flexibility index (Phi) is 5.11. The van der Waals surface area contributed by atoms with Gasteiger partial charge in [0.2, 0.25) is 0 Å². The number of hydrogen-bond donors (Lipinski definition) is 2. The maximum Gasteiger partial charge on any atom is 0.311 e. The molecule has 6 nitrogen and oxygen atoms in total. The monoisotopic (exact) mass is 268 g/mol. The van der Waals surface area contributed by atoms with Gasteiger partial charge in [-0.05, 0) is 25.8 Å². The average Bonchev–Trinajstić information content (AvgIpc) is 2.38. The number of hydrogen-bond acceptors (Lipinski definition) is 5. The van der Waals surface area contributed by atoms with Crippen LogP contribution >= 0.6 is 0 Å². The van der Waals surface area contributed by atoms with Crippen molar-refractivity contribution in [3.63, 3.8) is 0 Å². The maximum atomic E-state index is 10.8. The summed E-state index contributed by atoms with van der Waals surface area (Å²) in [4.78, 5) is 10.3. The lowest BCUT2D eigenvalue weighted by molar-refractivity contribution is -0.385. The molecule has 1 aromatic carbocycles. The molecule has 0 heterocycles. The summed E-state index contributed by atoms with van der Waals surface area (Å²) in [6, 6.07) is 4.66. The number of rotatable bonds is 7. The Morgan fingerprint density at radius 3 is 2.68 bits per heavy atom. The van der Waals surface area contributed by atoms with Gasteiger partial charge < -0.3 is 15.2 Å². The highest BCUT2D eigenvalue weighted by Gasteiger charge is 2.22. The van der Waals surface area contributed by atoms with Crippen molar-refractivity contribution in [2.75, 3.05) is 19.0 Å². The number of benzene rings is 1. The summed E-state index contributed by atoms with van der Waals surface area (Å²) < 4.78 is 5.02. The van der Waals surface area contributed by atoms with Crippen LogP contribution in [-0.2, 0) is 0 Å². The third-order valence-corrected chi connectivity index (χ3v) is 3.27. The minimum absolute atomic E-state index is 0.0617. The minimum atomic E-state index is -0.477. The van der Waals surface area contributed by atoms with Crippen LogP contribution in [0.5, 0.6) is 5.75 Å². The first-order chi connectivity index (χ1) is 8.95. The second-order valence-corrected chi connectivity index (χ2v) is 4.66. The number of nitro groups is 1. The smallest absolute Gasteiger partial charge is 0.311 e. The quantitative estimate of drug-likeness (QED) is 0.586. The Bertz CT molecular complexity index is 450. The normalized spacial score (nSPS) is 13.7. The molecule has 1 aromatic rings. The van der Waals surface area contributed by atoms with E-state index in [0.29, 0.717) is 6.42 Å². The summed E-state index contributed by atoms with van der Waals surface area (Å²) in [7, 11) is 1.40. The molecule has 0 spiro atoms. The number of methoxy groups -OCH3 is 1. The molecule has 1 atom stereocenters. The Labute approximate surface area is 112 Å². The van der Waals surface area contributed by atoms with E-state index in [1.165, 1.54) is 13.2 Å². The van der Waals surface area contributed by atoms with E-state index in [0.717, 1.165) is 12.1 Å². The molecule has 0 saturated carbocycles. The van der Waals surface area contributed by atoms with Gasteiger partial charge in [0.1, 0.15) is 0 Å². The molecule has 6 heteroatoms. The van der Waals surface area contributed by atoms with Crippen LogP contribution in [0.3, 0.4) is 0 Å². The van der Waals surface area contributed by atoms with Crippen molar-refractivity contribution in [1.29, 1.82) is 0 Å². The molecule has 0 aliphatic rings. The van der Waals surface area contributed by atoms with E-state index in [1.54, 1.807) is 12.1 Å². The predicted octanol–water partition coefficient (Wildman–Crippen LogP) is 2.57. The lowest BCUT2D eigenvalue weighted by atomic mass is 9.94. The largest absolute Gasteiger partial charge is 0.490 e. The lowest BCUT2D eigenvalue weighted by Crippen LogP contribution is -2.34. The first-order valence-electron chi connectivity index (χ1n) is 6.17. The molecular formula is C13H20N2O4. The third kappa shape index (κ3) is 3.82. The van der Waals surface area contributed by atoms with Crippen LogP contribution in [0.4, 0.5) is 11.4 Å². The van der Waals surface area contributed by atoms with Gasteiger partial charge in [0.05, 0.1) is 12.0 Å². The van der Waals surface area contributed by atoms with Gasteiger partial charge >= 0.3 is 5.69 Å². The number of anilines is 1. The zero-order valence-electron chi connectivity index (χ0n) is 11.5. The second-order valence-electron chi connectivity index (χ2n) is 4.66. The number of nitrogens with zero attached hydrogens (tertiary/aromatic N) is 1. The SMILES string of the molecule is CCC(C)(CCO)Nc1ccc([N+](=O)[O-])c(OC)c1. The average molecular weight is 268 g/mol. The standard InChI is InChI=1S/C13H20N2O4/c1-4-13(2,7-8-16)14-10-5-6-11(15(17)18)12(9-10)19-3/h5-6,9,14,16H,4,7-8H2,1-3H3. The van der Waals surface area contributed by atoms with Crippen LogP contribution in [0.1, 0.15) is 26.7 Å². The molecule has 0 aliphatic carbocycles. The number of aliphatic hydroxyl groups is 1. The number of nitrogens with one attached hydrogen (secondary N) is 1. The molecule has 1 rings (SSSR count).